The molecule has 0 aliphatic carbocycles. The van der Waals surface area contributed by atoms with Crippen molar-refractivity contribution in [2.45, 2.75) is 18.6 Å². The van der Waals surface area contributed by atoms with E-state index in [-0.39, 0.29) is 0 Å². The van der Waals surface area contributed by atoms with Gasteiger partial charge in [-0.1, -0.05) is 0 Å². The number of anilines is 2. The Bertz CT molecular complexity index is 520. The van der Waals surface area contributed by atoms with Crippen LogP contribution in [0, 0.1) is 11.3 Å². The molecule has 0 bridgehead atoms. The Labute approximate surface area is 111 Å². The number of aromatic nitrogens is 1. The lowest BCUT2D eigenvalue weighted by Gasteiger charge is -2.39. The molecule has 1 aromatic rings. The molecule has 0 unspecified atom stereocenters. The summed E-state index contributed by atoms with van der Waals surface area (Å²) in [6.45, 7) is 2.73. The number of nitrogens with two attached hydrogens (primary N) is 1. The zero-order valence-electron chi connectivity index (χ0n) is 10.6. The van der Waals surface area contributed by atoms with Crippen LogP contribution in [0.5, 0.6) is 0 Å². The van der Waals surface area contributed by atoms with Gasteiger partial charge in [0.05, 0.1) is 31.0 Å². The molecule has 19 heavy (non-hydrogen) atoms. The lowest BCUT2D eigenvalue weighted by atomic mass is 10.0. The molecule has 1 aromatic heterocycles. The topological polar surface area (TPSA) is 84.4 Å². The number of hydrogen-bond acceptors (Lipinski definition) is 6. The molecule has 0 aromatic carbocycles. The van der Waals surface area contributed by atoms with E-state index in [2.05, 4.69) is 11.1 Å². The van der Waals surface area contributed by atoms with Gasteiger partial charge in [0.2, 0.25) is 0 Å². The van der Waals surface area contributed by atoms with Gasteiger partial charge in [0, 0.05) is 19.2 Å². The van der Waals surface area contributed by atoms with E-state index in [1.54, 1.807) is 12.3 Å². The van der Waals surface area contributed by atoms with Gasteiger partial charge < -0.3 is 20.1 Å². The second-order valence-corrected chi connectivity index (χ2v) is 4.84. The Morgan fingerprint density at radius 2 is 2.21 bits per heavy atom. The number of nitrogen functional groups attached to an aromatic ring is 1. The summed E-state index contributed by atoms with van der Waals surface area (Å²) >= 11 is 0. The summed E-state index contributed by atoms with van der Waals surface area (Å²) in [6, 6.07) is 3.71. The minimum Gasteiger partial charge on any atom is -0.395 e. The first-order valence-corrected chi connectivity index (χ1v) is 6.41. The quantitative estimate of drug-likeness (QED) is 0.806. The first-order chi connectivity index (χ1) is 9.24. The molecule has 2 aliphatic rings. The van der Waals surface area contributed by atoms with Crippen LogP contribution in [0.3, 0.4) is 0 Å². The molecule has 2 saturated heterocycles. The summed E-state index contributed by atoms with van der Waals surface area (Å²) in [5.74, 6) is 0.131. The number of ether oxygens (including phenoxy) is 2. The molecule has 2 aliphatic heterocycles. The summed E-state index contributed by atoms with van der Waals surface area (Å²) in [7, 11) is 0. The summed E-state index contributed by atoms with van der Waals surface area (Å²) in [5, 5.41) is 9.02. The number of rotatable bonds is 1. The molecule has 6 nitrogen and oxygen atoms in total. The van der Waals surface area contributed by atoms with Crippen LogP contribution in [0.15, 0.2) is 12.3 Å². The van der Waals surface area contributed by atoms with Crippen LogP contribution < -0.4 is 10.6 Å². The fourth-order valence-electron chi connectivity index (χ4n) is 2.71. The molecular formula is C13H16N4O2. The molecule has 3 rings (SSSR count). The van der Waals surface area contributed by atoms with E-state index in [0.29, 0.717) is 36.8 Å². The van der Waals surface area contributed by atoms with Crippen molar-refractivity contribution in [2.24, 2.45) is 0 Å². The maximum atomic E-state index is 9.02. The van der Waals surface area contributed by atoms with Gasteiger partial charge in [-0.25, -0.2) is 4.98 Å². The second kappa shape index (κ2) is 4.68. The molecule has 0 amide bonds. The van der Waals surface area contributed by atoms with Crippen molar-refractivity contribution in [3.05, 3.63) is 17.8 Å². The van der Waals surface area contributed by atoms with Gasteiger partial charge in [0.25, 0.3) is 0 Å². The number of nitrogens with zero attached hydrogens (tertiary/aromatic N) is 3. The van der Waals surface area contributed by atoms with Crippen LogP contribution in [-0.2, 0) is 9.47 Å². The van der Waals surface area contributed by atoms with E-state index < -0.39 is 5.79 Å². The van der Waals surface area contributed by atoms with Crippen LogP contribution in [0.2, 0.25) is 0 Å². The highest BCUT2D eigenvalue weighted by molar-refractivity contribution is 5.70. The van der Waals surface area contributed by atoms with Gasteiger partial charge in [-0.3, -0.25) is 0 Å². The van der Waals surface area contributed by atoms with Crippen LogP contribution in [-0.4, -0.2) is 37.1 Å². The molecule has 2 fully saturated rings. The first-order valence-electron chi connectivity index (χ1n) is 6.41. The summed E-state index contributed by atoms with van der Waals surface area (Å²) < 4.78 is 11.5. The Hall–Kier alpha value is -1.84. The number of nitriles is 1. The second-order valence-electron chi connectivity index (χ2n) is 4.84. The van der Waals surface area contributed by atoms with Crippen molar-refractivity contribution in [3.8, 4) is 6.07 Å². The minimum atomic E-state index is -0.519. The molecule has 1 spiro atoms. The maximum Gasteiger partial charge on any atom is 0.186 e. The van der Waals surface area contributed by atoms with E-state index >= 15 is 0 Å². The monoisotopic (exact) mass is 260 g/mol. The number of piperidine rings is 1. The molecule has 0 radical (unpaired) electrons. The number of pyridine rings is 1. The minimum absolute atomic E-state index is 0.431. The van der Waals surface area contributed by atoms with Gasteiger partial charge in [0.15, 0.2) is 11.6 Å². The van der Waals surface area contributed by atoms with Crippen molar-refractivity contribution in [2.75, 3.05) is 36.9 Å². The van der Waals surface area contributed by atoms with E-state index in [4.69, 9.17) is 20.5 Å². The zero-order chi connectivity index (χ0) is 13.3. The van der Waals surface area contributed by atoms with E-state index in [1.807, 2.05) is 4.90 Å². The average Bonchev–Trinajstić information content (AvgIpc) is 2.87. The highest BCUT2D eigenvalue weighted by Gasteiger charge is 2.41. The summed E-state index contributed by atoms with van der Waals surface area (Å²) in [5.41, 5.74) is 6.89. The van der Waals surface area contributed by atoms with Crippen LogP contribution in [0.25, 0.3) is 0 Å². The van der Waals surface area contributed by atoms with Gasteiger partial charge >= 0.3 is 0 Å². The van der Waals surface area contributed by atoms with E-state index in [1.165, 1.54) is 0 Å². The third kappa shape index (κ3) is 2.11. The SMILES string of the molecule is N#Cc1ccnc(N2CCCC3(C2)OCCO3)c1N. The fourth-order valence-corrected chi connectivity index (χ4v) is 2.71. The first kappa shape index (κ1) is 12.2. The number of hydrogen-bond donors (Lipinski definition) is 1. The molecular weight excluding hydrogens is 244 g/mol. The zero-order valence-corrected chi connectivity index (χ0v) is 10.6. The van der Waals surface area contributed by atoms with Crippen LogP contribution in [0.1, 0.15) is 18.4 Å². The summed E-state index contributed by atoms with van der Waals surface area (Å²) in [4.78, 5) is 6.35. The van der Waals surface area contributed by atoms with Gasteiger partial charge in [0.1, 0.15) is 6.07 Å². The standard InChI is InChI=1S/C13H16N4O2/c14-8-10-2-4-16-12(11(10)15)17-5-1-3-13(9-17)18-6-7-19-13/h2,4H,1,3,5-7,9,15H2. The molecule has 100 valence electrons. The Kier molecular flexibility index (Phi) is 3.01. The predicted octanol–water partition coefficient (Wildman–Crippen LogP) is 0.879. The van der Waals surface area contributed by atoms with Crippen molar-refractivity contribution >= 4 is 11.5 Å². The van der Waals surface area contributed by atoms with Gasteiger partial charge in [-0.15, -0.1) is 0 Å². The smallest absolute Gasteiger partial charge is 0.186 e. The third-order valence-corrected chi connectivity index (χ3v) is 3.62. The lowest BCUT2D eigenvalue weighted by Crippen LogP contribution is -2.49. The van der Waals surface area contributed by atoms with Gasteiger partial charge in [-0.05, 0) is 12.5 Å². The molecule has 3 heterocycles. The highest BCUT2D eigenvalue weighted by Crippen LogP contribution is 2.34. The van der Waals surface area contributed by atoms with Crippen LogP contribution in [0.4, 0.5) is 11.5 Å². The van der Waals surface area contributed by atoms with Crippen molar-refractivity contribution in [3.63, 3.8) is 0 Å². The molecule has 6 heteroatoms. The van der Waals surface area contributed by atoms with Crippen molar-refractivity contribution < 1.29 is 9.47 Å². The predicted molar refractivity (Wildman–Crippen MR) is 69.4 cm³/mol. The molecule has 0 saturated carbocycles. The van der Waals surface area contributed by atoms with E-state index in [9.17, 15) is 0 Å². The van der Waals surface area contributed by atoms with Crippen molar-refractivity contribution in [1.29, 1.82) is 5.26 Å². The maximum absolute atomic E-state index is 9.02. The third-order valence-electron chi connectivity index (χ3n) is 3.62. The largest absolute Gasteiger partial charge is 0.395 e. The Morgan fingerprint density at radius 3 is 2.95 bits per heavy atom. The molecule has 2 N–H and O–H groups in total. The Balaban J connectivity index is 1.88. The Morgan fingerprint density at radius 1 is 1.42 bits per heavy atom. The highest BCUT2D eigenvalue weighted by atomic mass is 16.7. The molecule has 0 atom stereocenters. The average molecular weight is 260 g/mol. The summed E-state index contributed by atoms with van der Waals surface area (Å²) in [6.07, 6.45) is 3.46. The fraction of sp³-hybridized carbons (Fsp3) is 0.538. The van der Waals surface area contributed by atoms with Gasteiger partial charge in [-0.2, -0.15) is 5.26 Å². The normalized spacial score (nSPS) is 21.5. The van der Waals surface area contributed by atoms with Crippen LogP contribution >= 0.6 is 0 Å². The van der Waals surface area contributed by atoms with E-state index in [0.717, 1.165) is 19.4 Å². The van der Waals surface area contributed by atoms with Crippen molar-refractivity contribution in [1.82, 2.24) is 4.98 Å². The lowest BCUT2D eigenvalue weighted by molar-refractivity contribution is -0.161.